The molecule has 1 saturated carbocycles. The average Bonchev–Trinajstić information content (AvgIpc) is 2.47. The largest absolute Gasteiger partial charge is 0.314 e. The van der Waals surface area contributed by atoms with Gasteiger partial charge in [0.25, 0.3) is 0 Å². The van der Waals surface area contributed by atoms with Crippen molar-refractivity contribution in [3.63, 3.8) is 0 Å². The van der Waals surface area contributed by atoms with Crippen LogP contribution in [0, 0.1) is 11.8 Å². The molecule has 13 heavy (non-hydrogen) atoms. The summed E-state index contributed by atoms with van der Waals surface area (Å²) in [6, 6.07) is 0.886. The number of nitrogens with zero attached hydrogens (tertiary/aromatic N) is 1. The van der Waals surface area contributed by atoms with Crippen molar-refractivity contribution in [1.82, 2.24) is 10.2 Å². The minimum Gasteiger partial charge on any atom is -0.314 e. The van der Waals surface area contributed by atoms with Crippen LogP contribution >= 0.6 is 0 Å². The predicted octanol–water partition coefficient (Wildman–Crippen LogP) is 1.33. The van der Waals surface area contributed by atoms with Crippen molar-refractivity contribution >= 4 is 0 Å². The van der Waals surface area contributed by atoms with Gasteiger partial charge in [0.1, 0.15) is 0 Å². The summed E-state index contributed by atoms with van der Waals surface area (Å²) in [4.78, 5) is 2.70. The van der Waals surface area contributed by atoms with Crippen molar-refractivity contribution in [2.75, 3.05) is 26.2 Å². The Morgan fingerprint density at radius 2 is 1.77 bits per heavy atom. The van der Waals surface area contributed by atoms with Crippen LogP contribution in [0.5, 0.6) is 0 Å². The van der Waals surface area contributed by atoms with Crippen molar-refractivity contribution in [1.29, 1.82) is 0 Å². The summed E-state index contributed by atoms with van der Waals surface area (Å²) in [6.45, 7) is 9.74. The molecular formula is C11H22N2. The van der Waals surface area contributed by atoms with E-state index in [9.17, 15) is 0 Å². The maximum absolute atomic E-state index is 3.42. The van der Waals surface area contributed by atoms with Gasteiger partial charge in [-0.2, -0.15) is 0 Å². The molecule has 3 unspecified atom stereocenters. The average molecular weight is 182 g/mol. The van der Waals surface area contributed by atoms with E-state index in [1.807, 2.05) is 0 Å². The number of hydrogen-bond acceptors (Lipinski definition) is 2. The topological polar surface area (TPSA) is 15.3 Å². The Morgan fingerprint density at radius 1 is 1.08 bits per heavy atom. The van der Waals surface area contributed by atoms with Crippen LogP contribution in [0.3, 0.4) is 0 Å². The smallest absolute Gasteiger partial charge is 0.0125 e. The first-order chi connectivity index (χ1) is 6.27. The van der Waals surface area contributed by atoms with Gasteiger partial charge in [0.15, 0.2) is 0 Å². The molecule has 0 bridgehead atoms. The highest BCUT2D eigenvalue weighted by Crippen LogP contribution is 2.33. The molecule has 1 heterocycles. The first-order valence-electron chi connectivity index (χ1n) is 5.72. The molecule has 2 aliphatic rings. The van der Waals surface area contributed by atoms with Crippen LogP contribution in [0.25, 0.3) is 0 Å². The Morgan fingerprint density at radius 3 is 2.31 bits per heavy atom. The lowest BCUT2D eigenvalue weighted by atomic mass is 10.0. The van der Waals surface area contributed by atoms with E-state index < -0.39 is 0 Å². The second-order valence-electron chi connectivity index (χ2n) is 4.91. The zero-order valence-corrected chi connectivity index (χ0v) is 8.92. The van der Waals surface area contributed by atoms with Gasteiger partial charge in [-0.3, -0.25) is 4.90 Å². The fourth-order valence-electron chi connectivity index (χ4n) is 3.06. The van der Waals surface area contributed by atoms with E-state index in [-0.39, 0.29) is 0 Å². The fraction of sp³-hybridized carbons (Fsp3) is 1.00. The van der Waals surface area contributed by atoms with Gasteiger partial charge >= 0.3 is 0 Å². The quantitative estimate of drug-likeness (QED) is 0.658. The Kier molecular flexibility index (Phi) is 2.89. The molecule has 2 heteroatoms. The molecule has 0 aromatic rings. The van der Waals surface area contributed by atoms with Gasteiger partial charge in [-0.05, 0) is 24.7 Å². The summed E-state index contributed by atoms with van der Waals surface area (Å²) < 4.78 is 0. The first kappa shape index (κ1) is 9.47. The van der Waals surface area contributed by atoms with Crippen molar-refractivity contribution in [3.8, 4) is 0 Å². The highest BCUT2D eigenvalue weighted by molar-refractivity contribution is 4.87. The Hall–Kier alpha value is -0.0800. The van der Waals surface area contributed by atoms with E-state index in [1.54, 1.807) is 0 Å². The summed E-state index contributed by atoms with van der Waals surface area (Å²) in [5, 5.41) is 3.42. The molecule has 2 rings (SSSR count). The number of nitrogens with one attached hydrogen (secondary N) is 1. The standard InChI is InChI=1S/C11H22N2/c1-9-7-10(2)11(8-9)13-5-3-12-4-6-13/h9-12H,3-8H2,1-2H3. The zero-order valence-electron chi connectivity index (χ0n) is 8.92. The highest BCUT2D eigenvalue weighted by Gasteiger charge is 2.33. The van der Waals surface area contributed by atoms with Gasteiger partial charge in [0, 0.05) is 32.2 Å². The molecule has 2 nitrogen and oxygen atoms in total. The molecule has 1 saturated heterocycles. The van der Waals surface area contributed by atoms with E-state index >= 15 is 0 Å². The van der Waals surface area contributed by atoms with Crippen molar-refractivity contribution < 1.29 is 0 Å². The normalized spacial score (nSPS) is 42.5. The first-order valence-corrected chi connectivity index (χ1v) is 5.72. The number of piperazine rings is 1. The molecular weight excluding hydrogens is 160 g/mol. The minimum atomic E-state index is 0.886. The van der Waals surface area contributed by atoms with Gasteiger partial charge in [-0.25, -0.2) is 0 Å². The molecule has 2 fully saturated rings. The Labute approximate surface area is 81.7 Å². The Bertz CT molecular complexity index is 163. The van der Waals surface area contributed by atoms with E-state index in [4.69, 9.17) is 0 Å². The van der Waals surface area contributed by atoms with Crippen LogP contribution in [-0.4, -0.2) is 37.1 Å². The van der Waals surface area contributed by atoms with Crippen LogP contribution in [-0.2, 0) is 0 Å². The van der Waals surface area contributed by atoms with Crippen LogP contribution < -0.4 is 5.32 Å². The van der Waals surface area contributed by atoms with Crippen molar-refractivity contribution in [2.24, 2.45) is 11.8 Å². The van der Waals surface area contributed by atoms with Crippen LogP contribution in [0.2, 0.25) is 0 Å². The third-order valence-corrected chi connectivity index (χ3v) is 3.70. The second kappa shape index (κ2) is 3.97. The molecule has 0 amide bonds. The number of rotatable bonds is 1. The van der Waals surface area contributed by atoms with Crippen LogP contribution in [0.4, 0.5) is 0 Å². The third-order valence-electron chi connectivity index (χ3n) is 3.70. The van der Waals surface area contributed by atoms with Gasteiger partial charge in [-0.15, -0.1) is 0 Å². The minimum absolute atomic E-state index is 0.886. The SMILES string of the molecule is CC1CC(C)C(N2CCNCC2)C1. The third kappa shape index (κ3) is 2.05. The van der Waals surface area contributed by atoms with Crippen molar-refractivity contribution in [3.05, 3.63) is 0 Å². The number of hydrogen-bond donors (Lipinski definition) is 1. The van der Waals surface area contributed by atoms with E-state index in [0.29, 0.717) is 0 Å². The molecule has 1 aliphatic heterocycles. The second-order valence-corrected chi connectivity index (χ2v) is 4.91. The molecule has 0 radical (unpaired) electrons. The molecule has 76 valence electrons. The molecule has 3 atom stereocenters. The van der Waals surface area contributed by atoms with Crippen LogP contribution in [0.1, 0.15) is 26.7 Å². The maximum Gasteiger partial charge on any atom is 0.0125 e. The summed E-state index contributed by atoms with van der Waals surface area (Å²) in [5.41, 5.74) is 0. The molecule has 0 aromatic carbocycles. The van der Waals surface area contributed by atoms with E-state index in [0.717, 1.165) is 17.9 Å². The fourth-order valence-corrected chi connectivity index (χ4v) is 3.06. The predicted molar refractivity (Wildman–Crippen MR) is 55.8 cm³/mol. The molecule has 1 aliphatic carbocycles. The summed E-state index contributed by atoms with van der Waals surface area (Å²) in [6.07, 6.45) is 2.87. The van der Waals surface area contributed by atoms with E-state index in [2.05, 4.69) is 24.1 Å². The van der Waals surface area contributed by atoms with Gasteiger partial charge in [-0.1, -0.05) is 13.8 Å². The monoisotopic (exact) mass is 182 g/mol. The molecule has 0 aromatic heterocycles. The summed E-state index contributed by atoms with van der Waals surface area (Å²) in [5.74, 6) is 1.88. The molecule has 1 N–H and O–H groups in total. The summed E-state index contributed by atoms with van der Waals surface area (Å²) >= 11 is 0. The summed E-state index contributed by atoms with van der Waals surface area (Å²) in [7, 11) is 0. The van der Waals surface area contributed by atoms with Gasteiger partial charge in [0.2, 0.25) is 0 Å². The van der Waals surface area contributed by atoms with Crippen LogP contribution in [0.15, 0.2) is 0 Å². The lowest BCUT2D eigenvalue weighted by molar-refractivity contribution is 0.146. The molecule has 0 spiro atoms. The maximum atomic E-state index is 3.42. The lowest BCUT2D eigenvalue weighted by Crippen LogP contribution is -2.49. The van der Waals surface area contributed by atoms with Gasteiger partial charge < -0.3 is 5.32 Å². The zero-order chi connectivity index (χ0) is 9.26. The highest BCUT2D eigenvalue weighted by atomic mass is 15.2. The van der Waals surface area contributed by atoms with Gasteiger partial charge in [0.05, 0.1) is 0 Å². The van der Waals surface area contributed by atoms with Crippen molar-refractivity contribution in [2.45, 2.75) is 32.7 Å². The lowest BCUT2D eigenvalue weighted by Gasteiger charge is -2.35. The Balaban J connectivity index is 1.91. The van der Waals surface area contributed by atoms with E-state index in [1.165, 1.54) is 39.0 Å².